The van der Waals surface area contributed by atoms with Crippen LogP contribution < -0.4 is 19.5 Å². The van der Waals surface area contributed by atoms with Crippen molar-refractivity contribution in [1.82, 2.24) is 25.3 Å². The average Bonchev–Trinajstić information content (AvgIpc) is 3.10. The summed E-state index contributed by atoms with van der Waals surface area (Å²) in [6.07, 6.45) is 2.90. The van der Waals surface area contributed by atoms with Crippen molar-refractivity contribution in [2.75, 3.05) is 13.7 Å². The fourth-order valence-corrected chi connectivity index (χ4v) is 4.53. The van der Waals surface area contributed by atoms with Gasteiger partial charge in [-0.3, -0.25) is 4.79 Å². The summed E-state index contributed by atoms with van der Waals surface area (Å²) in [6.45, 7) is 6.85. The van der Waals surface area contributed by atoms with Gasteiger partial charge in [0.15, 0.2) is 17.3 Å². The molecule has 1 N–H and O–H groups in total. The molecule has 2 aromatic heterocycles. The second-order valence-electron chi connectivity index (χ2n) is 11.3. The third-order valence-electron chi connectivity index (χ3n) is 6.64. The van der Waals surface area contributed by atoms with Gasteiger partial charge in [0, 0.05) is 24.0 Å². The van der Waals surface area contributed by atoms with Gasteiger partial charge in [0.2, 0.25) is 23.3 Å². The molecule has 0 unspecified atom stereocenters. The molecule has 5 aromatic rings. The molecule has 254 valence electrons. The summed E-state index contributed by atoms with van der Waals surface area (Å²) in [5, 5.41) is 3.39. The van der Waals surface area contributed by atoms with Crippen LogP contribution in [0, 0.1) is 0 Å². The number of aromatic nitrogens is 4. The van der Waals surface area contributed by atoms with Crippen LogP contribution in [-0.4, -0.2) is 48.0 Å². The van der Waals surface area contributed by atoms with Crippen LogP contribution in [0.3, 0.4) is 0 Å². The lowest BCUT2D eigenvalue weighted by Crippen LogP contribution is -2.24. The minimum absolute atomic E-state index is 0.0389. The van der Waals surface area contributed by atoms with Crippen LogP contribution in [0.5, 0.6) is 23.1 Å². The predicted octanol–water partition coefficient (Wildman–Crippen LogP) is 7.15. The summed E-state index contributed by atoms with van der Waals surface area (Å²) >= 11 is 5.89. The number of hydrogen-bond donors (Lipinski definition) is 1. The number of hydrogen-bond acceptors (Lipinski definition) is 11. The van der Waals surface area contributed by atoms with Crippen molar-refractivity contribution >= 4 is 33.8 Å². The smallest absolute Gasteiger partial charge is 0.318 e. The van der Waals surface area contributed by atoms with Crippen LogP contribution >= 0.6 is 11.6 Å². The Bertz CT molecular complexity index is 1970. The van der Waals surface area contributed by atoms with E-state index in [0.717, 1.165) is 5.56 Å². The summed E-state index contributed by atoms with van der Waals surface area (Å²) in [6, 6.07) is 25.9. The van der Waals surface area contributed by atoms with E-state index in [0.29, 0.717) is 22.7 Å². The van der Waals surface area contributed by atoms with Crippen LogP contribution in [0.15, 0.2) is 102 Å². The Labute approximate surface area is 291 Å². The van der Waals surface area contributed by atoms with Gasteiger partial charge in [-0.2, -0.15) is 13.4 Å². The van der Waals surface area contributed by atoms with E-state index < -0.39 is 10.5 Å². The molecule has 0 saturated heterocycles. The van der Waals surface area contributed by atoms with E-state index in [4.69, 9.17) is 25.8 Å². The zero-order valence-electron chi connectivity index (χ0n) is 27.3. The Kier molecular flexibility index (Phi) is 13.1. The Hall–Kier alpha value is -5.40. The first-order valence-electron chi connectivity index (χ1n) is 15.0. The molecular formula is C35H35ClN6O6S. The third-order valence-corrected chi connectivity index (χ3v) is 7.21. The zero-order chi connectivity index (χ0) is 35.2. The number of amides is 1. The van der Waals surface area contributed by atoms with Crippen molar-refractivity contribution in [3.8, 4) is 34.8 Å². The van der Waals surface area contributed by atoms with E-state index >= 15 is 0 Å². The molecule has 0 radical (unpaired) electrons. The minimum atomic E-state index is -2.90. The normalized spacial score (nSPS) is 10.6. The number of methoxy groups -OCH3 is 1. The van der Waals surface area contributed by atoms with E-state index in [1.807, 2.05) is 0 Å². The summed E-state index contributed by atoms with van der Waals surface area (Å²) in [4.78, 5) is 29.1. The van der Waals surface area contributed by atoms with Gasteiger partial charge in [-0.05, 0) is 46.9 Å². The Balaban J connectivity index is 0.000000463. The van der Waals surface area contributed by atoms with Crippen molar-refractivity contribution in [3.05, 3.63) is 113 Å². The van der Waals surface area contributed by atoms with E-state index in [1.54, 1.807) is 54.6 Å². The number of para-hydroxylation sites is 2. The SMILES string of the molecule is CC(C)(C)c1ccccc1.COc1ccccc1Oc1c(N=S(=O)=O)nc(-c2ncccn2)nc1OCCC(=O)NCc1ccc(Cl)cc1. The second-order valence-corrected chi connectivity index (χ2v) is 12.3. The Morgan fingerprint density at radius 2 is 1.51 bits per heavy atom. The van der Waals surface area contributed by atoms with Crippen molar-refractivity contribution in [3.63, 3.8) is 0 Å². The first kappa shape index (κ1) is 36.4. The molecule has 3 aromatic carbocycles. The number of nitrogens with one attached hydrogen (secondary N) is 1. The number of rotatable bonds is 11. The molecule has 0 saturated carbocycles. The standard InChI is InChI=1S/C25H21ClN6O6S.C10H14/c1-36-18-5-2-3-6-19(18)38-21-22(32-39(34)35)30-24(23-27-12-4-13-28-23)31-25(21)37-14-11-20(33)29-15-16-7-9-17(26)10-8-16;1-10(2,3)9-7-5-4-6-8-9/h2-10,12-13H,11,14-15H2,1H3,(H,29,33);4-8H,1-3H3. The summed E-state index contributed by atoms with van der Waals surface area (Å²) < 4.78 is 43.6. The second kappa shape index (κ2) is 17.7. The third kappa shape index (κ3) is 11.4. The van der Waals surface area contributed by atoms with E-state index in [1.165, 1.54) is 25.1 Å². The van der Waals surface area contributed by atoms with Gasteiger partial charge >= 0.3 is 10.5 Å². The molecule has 0 bridgehead atoms. The quantitative estimate of drug-likeness (QED) is 0.150. The highest BCUT2D eigenvalue weighted by Crippen LogP contribution is 2.41. The molecule has 0 aliphatic heterocycles. The monoisotopic (exact) mass is 702 g/mol. The van der Waals surface area contributed by atoms with Crippen LogP contribution in [0.1, 0.15) is 38.3 Å². The van der Waals surface area contributed by atoms with Gasteiger partial charge in [0.1, 0.15) is 0 Å². The lowest BCUT2D eigenvalue weighted by atomic mass is 9.87. The maximum atomic E-state index is 12.4. The highest BCUT2D eigenvalue weighted by Gasteiger charge is 2.22. The fourth-order valence-electron chi connectivity index (χ4n) is 4.14. The number of carbonyl (C=O) groups is 1. The summed E-state index contributed by atoms with van der Waals surface area (Å²) in [7, 11) is -1.44. The maximum Gasteiger partial charge on any atom is 0.318 e. The molecule has 0 aliphatic carbocycles. The van der Waals surface area contributed by atoms with E-state index in [9.17, 15) is 13.2 Å². The topological polar surface area (TPSA) is 155 Å². The first-order chi connectivity index (χ1) is 23.5. The van der Waals surface area contributed by atoms with Gasteiger partial charge in [0.05, 0.1) is 20.1 Å². The number of carbonyl (C=O) groups excluding carboxylic acids is 1. The molecule has 49 heavy (non-hydrogen) atoms. The first-order valence-corrected chi connectivity index (χ1v) is 16.5. The van der Waals surface area contributed by atoms with E-state index in [2.05, 4.69) is 80.7 Å². The highest BCUT2D eigenvalue weighted by atomic mass is 35.5. The zero-order valence-corrected chi connectivity index (χ0v) is 28.9. The summed E-state index contributed by atoms with van der Waals surface area (Å²) in [5.74, 6) is -0.398. The van der Waals surface area contributed by atoms with Crippen molar-refractivity contribution in [2.24, 2.45) is 4.36 Å². The van der Waals surface area contributed by atoms with Crippen LogP contribution in [0.25, 0.3) is 11.6 Å². The van der Waals surface area contributed by atoms with Crippen LogP contribution in [0.2, 0.25) is 5.02 Å². The molecule has 0 aliphatic rings. The number of ether oxygens (including phenoxy) is 3. The van der Waals surface area contributed by atoms with Crippen LogP contribution in [0.4, 0.5) is 5.82 Å². The van der Waals surface area contributed by atoms with Gasteiger partial charge in [-0.25, -0.2) is 15.0 Å². The lowest BCUT2D eigenvalue weighted by molar-refractivity contribution is -0.121. The van der Waals surface area contributed by atoms with Gasteiger partial charge in [-0.1, -0.05) is 87.0 Å². The minimum Gasteiger partial charge on any atom is -0.493 e. The summed E-state index contributed by atoms with van der Waals surface area (Å²) in [5.41, 5.74) is 2.57. The Morgan fingerprint density at radius 3 is 2.12 bits per heavy atom. The predicted molar refractivity (Wildman–Crippen MR) is 186 cm³/mol. The molecule has 0 atom stereocenters. The fraction of sp³-hybridized carbons (Fsp3) is 0.229. The molecule has 1 amide bonds. The highest BCUT2D eigenvalue weighted by molar-refractivity contribution is 7.61. The Morgan fingerprint density at radius 1 is 0.857 bits per heavy atom. The molecule has 0 fully saturated rings. The van der Waals surface area contributed by atoms with Crippen molar-refractivity contribution < 1.29 is 27.4 Å². The number of nitrogens with zero attached hydrogens (tertiary/aromatic N) is 5. The molecule has 0 spiro atoms. The van der Waals surface area contributed by atoms with Gasteiger partial charge in [-0.15, -0.1) is 4.36 Å². The average molecular weight is 703 g/mol. The molecule has 12 nitrogen and oxygen atoms in total. The van der Waals surface area contributed by atoms with Gasteiger partial charge in [0.25, 0.3) is 5.88 Å². The van der Waals surface area contributed by atoms with Crippen molar-refractivity contribution in [2.45, 2.75) is 39.2 Å². The van der Waals surface area contributed by atoms with Crippen molar-refractivity contribution in [1.29, 1.82) is 0 Å². The molecule has 2 heterocycles. The molecular weight excluding hydrogens is 668 g/mol. The van der Waals surface area contributed by atoms with Crippen LogP contribution in [-0.2, 0) is 27.3 Å². The number of halogens is 1. The molecule has 5 rings (SSSR count). The largest absolute Gasteiger partial charge is 0.493 e. The number of benzene rings is 3. The molecule has 14 heteroatoms. The lowest BCUT2D eigenvalue weighted by Gasteiger charge is -2.18. The van der Waals surface area contributed by atoms with Gasteiger partial charge < -0.3 is 19.5 Å². The van der Waals surface area contributed by atoms with E-state index in [-0.39, 0.29) is 53.8 Å². The maximum absolute atomic E-state index is 12.4.